The largest absolute Gasteiger partial charge is 0.457 e. The van der Waals surface area contributed by atoms with Crippen LogP contribution in [-0.2, 0) is 0 Å². The van der Waals surface area contributed by atoms with Gasteiger partial charge in [-0.25, -0.2) is 4.98 Å². The van der Waals surface area contributed by atoms with E-state index >= 15 is 0 Å². The van der Waals surface area contributed by atoms with Crippen molar-refractivity contribution in [2.45, 2.75) is 0 Å². The van der Waals surface area contributed by atoms with Crippen molar-refractivity contribution in [3.8, 4) is 73.3 Å². The van der Waals surface area contributed by atoms with Gasteiger partial charge in [0.05, 0.1) is 44.8 Å². The average molecular weight is 987 g/mol. The van der Waals surface area contributed by atoms with Crippen molar-refractivity contribution in [3.05, 3.63) is 267 Å². The molecule has 11 aromatic carbocycles. The zero-order valence-electron chi connectivity index (χ0n) is 41.7. The summed E-state index contributed by atoms with van der Waals surface area (Å²) in [4.78, 5) is 10.0. The van der Waals surface area contributed by atoms with Gasteiger partial charge >= 0.3 is 0 Å². The number of imidazole rings is 1. The highest BCUT2D eigenvalue weighted by atomic mass is 16.5. The summed E-state index contributed by atoms with van der Waals surface area (Å²) in [6.45, 7) is 0.607. The minimum absolute atomic E-state index is 0.607. The summed E-state index contributed by atoms with van der Waals surface area (Å²) < 4.78 is 14.0. The van der Waals surface area contributed by atoms with E-state index < -0.39 is 0 Å². The predicted octanol–water partition coefficient (Wildman–Crippen LogP) is 18.1. The molecule has 77 heavy (non-hydrogen) atoms. The van der Waals surface area contributed by atoms with Crippen molar-refractivity contribution in [1.82, 2.24) is 18.7 Å². The minimum atomic E-state index is 0.607. The molecule has 0 atom stereocenters. The Labute approximate surface area is 444 Å². The second-order valence-corrected chi connectivity index (χ2v) is 19.9. The Morgan fingerprint density at radius 3 is 1.78 bits per heavy atom. The zero-order valence-corrected chi connectivity index (χ0v) is 41.7. The van der Waals surface area contributed by atoms with Crippen LogP contribution in [0.4, 0.5) is 22.7 Å². The van der Waals surface area contributed by atoms with Crippen LogP contribution in [0.25, 0.3) is 105 Å². The van der Waals surface area contributed by atoms with Gasteiger partial charge in [-0.15, -0.1) is 0 Å². The van der Waals surface area contributed by atoms with Crippen LogP contribution in [-0.4, -0.2) is 25.4 Å². The first kappa shape index (κ1) is 43.1. The van der Waals surface area contributed by atoms with Crippen LogP contribution in [0.2, 0.25) is 0 Å². The monoisotopic (exact) mass is 986 g/mol. The lowest BCUT2D eigenvalue weighted by Gasteiger charge is -2.27. The van der Waals surface area contributed by atoms with Crippen molar-refractivity contribution in [3.63, 3.8) is 0 Å². The quantitative estimate of drug-likeness (QED) is 0.152. The van der Waals surface area contributed by atoms with Crippen molar-refractivity contribution in [2.24, 2.45) is 0 Å². The van der Waals surface area contributed by atoms with E-state index in [0.29, 0.717) is 6.67 Å². The van der Waals surface area contributed by atoms with Crippen LogP contribution in [0.1, 0.15) is 0 Å². The number of ether oxygens (including phenoxy) is 1. The highest BCUT2D eigenvalue weighted by Gasteiger charge is 2.33. The van der Waals surface area contributed by atoms with Crippen molar-refractivity contribution >= 4 is 66.4 Å². The van der Waals surface area contributed by atoms with Crippen molar-refractivity contribution in [1.29, 1.82) is 0 Å². The van der Waals surface area contributed by atoms with Crippen LogP contribution in [0.15, 0.2) is 267 Å². The third-order valence-electron chi connectivity index (χ3n) is 15.7. The Hall–Kier alpha value is -10.4. The summed E-state index contributed by atoms with van der Waals surface area (Å²) in [6, 6.07) is 91.5. The molecule has 2 aliphatic rings. The normalized spacial score (nSPS) is 12.6. The van der Waals surface area contributed by atoms with Crippen molar-refractivity contribution in [2.75, 3.05) is 16.5 Å². The Kier molecular flexibility index (Phi) is 9.56. The molecule has 0 spiro atoms. The second kappa shape index (κ2) is 17.1. The Morgan fingerprint density at radius 2 is 0.987 bits per heavy atom. The highest BCUT2D eigenvalue weighted by Crippen LogP contribution is 2.53. The topological polar surface area (TPSA) is 43.4 Å². The van der Waals surface area contributed by atoms with Crippen LogP contribution >= 0.6 is 0 Å². The molecule has 0 aliphatic carbocycles. The van der Waals surface area contributed by atoms with Gasteiger partial charge in [0.15, 0.2) is 0 Å². The fourth-order valence-electron chi connectivity index (χ4n) is 12.5. The third kappa shape index (κ3) is 6.60. The molecule has 2 aliphatic heterocycles. The molecule has 0 fully saturated rings. The Balaban J connectivity index is 0.852. The Bertz CT molecular complexity index is 4590. The molecule has 0 amide bonds. The maximum atomic E-state index is 7.05. The molecule has 0 N–H and O–H groups in total. The van der Waals surface area contributed by atoms with Gasteiger partial charge in [-0.05, 0) is 89.0 Å². The van der Waals surface area contributed by atoms with Crippen LogP contribution < -0.4 is 14.5 Å². The maximum absolute atomic E-state index is 7.05. The lowest BCUT2D eigenvalue weighted by molar-refractivity contribution is 0.483. The fraction of sp³-hybridized carbons (Fsp3) is 0.0143. The van der Waals surface area contributed by atoms with E-state index in [9.17, 15) is 0 Å². The smallest absolute Gasteiger partial charge is 0.219 e. The predicted molar refractivity (Wildman–Crippen MR) is 316 cm³/mol. The molecule has 7 nitrogen and oxygen atoms in total. The van der Waals surface area contributed by atoms with E-state index in [1.54, 1.807) is 0 Å². The van der Waals surface area contributed by atoms with E-state index in [1.807, 2.05) is 12.4 Å². The van der Waals surface area contributed by atoms with Gasteiger partial charge in [-0.1, -0.05) is 176 Å². The maximum Gasteiger partial charge on any atom is 0.219 e. The molecule has 14 aromatic rings. The van der Waals surface area contributed by atoms with Crippen molar-refractivity contribution < 1.29 is 4.74 Å². The molecule has 16 rings (SSSR count). The third-order valence-corrected chi connectivity index (χ3v) is 15.7. The number of hydrogen-bond acceptors (Lipinski definition) is 4. The minimum Gasteiger partial charge on any atom is -0.457 e. The summed E-state index contributed by atoms with van der Waals surface area (Å²) in [5.74, 6) is 2.25. The molecule has 0 radical (unpaired) electrons. The first-order valence-electron chi connectivity index (χ1n) is 26.2. The molecule has 362 valence electrons. The van der Waals surface area contributed by atoms with E-state index in [1.165, 1.54) is 72.0 Å². The van der Waals surface area contributed by atoms with Crippen LogP contribution in [0.5, 0.6) is 11.5 Å². The summed E-state index contributed by atoms with van der Waals surface area (Å²) in [5, 5.41) is 4.75. The molecule has 0 bridgehead atoms. The molecule has 3 aromatic heterocycles. The molecule has 0 saturated heterocycles. The van der Waals surface area contributed by atoms with Gasteiger partial charge in [0.1, 0.15) is 18.2 Å². The van der Waals surface area contributed by atoms with E-state index in [4.69, 9.17) is 9.72 Å². The molecule has 5 heterocycles. The molecule has 7 heteroatoms. The number of nitrogens with zero attached hydrogens (tertiary/aromatic N) is 6. The Morgan fingerprint density at radius 1 is 0.377 bits per heavy atom. The van der Waals surface area contributed by atoms with Gasteiger partial charge in [-0.3, -0.25) is 9.13 Å². The standard InChI is InChI=1S/C70H46N6O/c1-4-19-46(20-5-1)52-30-17-31-53(47-21-6-2-7-22-47)68(52)74-45-73(61-35-14-15-36-62(61)74)49-25-16-26-50(43-49)77-51-37-38-59-65(44-51)76(70-71-41-42-72(70)48-23-8-3-9-24-48)64-40-39-63-66(67(59)64)56-29-11-10-27-54(56)57-32-18-33-58-55-28-12-13-34-60(55)75(63)69(57)58/h1-44H,45H2. The van der Waals surface area contributed by atoms with E-state index in [0.717, 1.165) is 67.7 Å². The number of hydrogen-bond donors (Lipinski definition) is 0. The lowest BCUT2D eigenvalue weighted by atomic mass is 9.91. The first-order chi connectivity index (χ1) is 38.2. The summed E-state index contributed by atoms with van der Waals surface area (Å²) in [5.41, 5.74) is 20.6. The number of aromatic nitrogens is 4. The number of rotatable bonds is 8. The first-order valence-corrected chi connectivity index (χ1v) is 26.2. The van der Waals surface area contributed by atoms with Gasteiger partial charge in [-0.2, -0.15) is 0 Å². The summed E-state index contributed by atoms with van der Waals surface area (Å²) >= 11 is 0. The number of para-hydroxylation sites is 6. The highest BCUT2D eigenvalue weighted by molar-refractivity contribution is 6.23. The van der Waals surface area contributed by atoms with Gasteiger partial charge in [0.25, 0.3) is 0 Å². The number of fused-ring (bicyclic) bond motifs is 13. The number of benzene rings is 11. The zero-order chi connectivity index (χ0) is 50.6. The summed E-state index contributed by atoms with van der Waals surface area (Å²) in [7, 11) is 0. The average Bonchev–Trinajstić information content (AvgIpc) is 4.31. The summed E-state index contributed by atoms with van der Waals surface area (Å²) in [6.07, 6.45) is 3.94. The second-order valence-electron chi connectivity index (χ2n) is 19.9. The SMILES string of the molecule is c1ccc(-c2cccc(-c3ccccc3)c2N2CN(c3cccc(Oc4ccc5c6c7c(ccc6n(-c6nccn6-c6ccccc6)c5c4)-n4c5ccccc5c5cccc(c54)-c4ccccc4-7)c3)c3ccccc32)cc1. The molecule has 0 unspecified atom stereocenters. The van der Waals surface area contributed by atoms with Gasteiger partial charge in [0.2, 0.25) is 5.95 Å². The number of anilines is 4. The molecular formula is C70H46N6O. The van der Waals surface area contributed by atoms with E-state index in [-0.39, 0.29) is 0 Å². The molecule has 0 saturated carbocycles. The van der Waals surface area contributed by atoms with Gasteiger partial charge < -0.3 is 19.1 Å². The van der Waals surface area contributed by atoms with E-state index in [2.05, 4.69) is 278 Å². The molecular weight excluding hydrogens is 941 g/mol. The van der Waals surface area contributed by atoms with Gasteiger partial charge in [0, 0.05) is 79.7 Å². The fourth-order valence-corrected chi connectivity index (χ4v) is 12.5. The van der Waals surface area contributed by atoms with Crippen LogP contribution in [0.3, 0.4) is 0 Å². The lowest BCUT2D eigenvalue weighted by Crippen LogP contribution is -2.24. The van der Waals surface area contributed by atoms with Crippen LogP contribution in [0, 0.1) is 0 Å².